The Morgan fingerprint density at radius 2 is 1.89 bits per heavy atom. The van der Waals surface area contributed by atoms with Crippen molar-refractivity contribution in [1.29, 1.82) is 0 Å². The SMILES string of the molecule is CC=CC(OCC(C)C)Oc1ccc(C(C)=O)cc1. The van der Waals surface area contributed by atoms with Gasteiger partial charge in [-0.25, -0.2) is 0 Å². The molecule has 0 amide bonds. The Hall–Kier alpha value is -1.61. The number of carbonyl (C=O) groups excluding carboxylic acids is 1. The fourth-order valence-electron chi connectivity index (χ4n) is 1.48. The average molecular weight is 262 g/mol. The van der Waals surface area contributed by atoms with Gasteiger partial charge in [-0.1, -0.05) is 19.9 Å². The van der Waals surface area contributed by atoms with E-state index < -0.39 is 6.29 Å². The molecule has 0 radical (unpaired) electrons. The van der Waals surface area contributed by atoms with Crippen molar-refractivity contribution in [2.45, 2.75) is 34.0 Å². The molecule has 1 aromatic rings. The van der Waals surface area contributed by atoms with E-state index in [1.807, 2.05) is 19.1 Å². The van der Waals surface area contributed by atoms with Crippen LogP contribution in [0.15, 0.2) is 36.4 Å². The zero-order valence-corrected chi connectivity index (χ0v) is 12.1. The molecular formula is C16H22O3. The lowest BCUT2D eigenvalue weighted by Crippen LogP contribution is -2.20. The Labute approximate surface area is 115 Å². The average Bonchev–Trinajstić information content (AvgIpc) is 2.37. The van der Waals surface area contributed by atoms with Crippen LogP contribution in [0.1, 0.15) is 38.1 Å². The number of Topliss-reactive ketones (excluding diaryl/α,β-unsaturated/α-hetero) is 1. The van der Waals surface area contributed by atoms with E-state index in [9.17, 15) is 4.79 Å². The molecule has 3 nitrogen and oxygen atoms in total. The van der Waals surface area contributed by atoms with Gasteiger partial charge in [-0.05, 0) is 50.1 Å². The second kappa shape index (κ2) is 7.74. The van der Waals surface area contributed by atoms with Crippen molar-refractivity contribution in [2.75, 3.05) is 6.61 Å². The molecule has 0 fully saturated rings. The van der Waals surface area contributed by atoms with Crippen LogP contribution in [-0.2, 0) is 4.74 Å². The van der Waals surface area contributed by atoms with Crippen LogP contribution in [0.5, 0.6) is 5.75 Å². The van der Waals surface area contributed by atoms with E-state index in [0.717, 1.165) is 0 Å². The minimum absolute atomic E-state index is 0.0487. The molecule has 0 heterocycles. The van der Waals surface area contributed by atoms with Crippen LogP contribution in [0.4, 0.5) is 0 Å². The van der Waals surface area contributed by atoms with Crippen LogP contribution in [0.25, 0.3) is 0 Å². The third-order valence-electron chi connectivity index (χ3n) is 2.46. The van der Waals surface area contributed by atoms with Gasteiger partial charge >= 0.3 is 0 Å². The molecule has 0 aromatic heterocycles. The van der Waals surface area contributed by atoms with Gasteiger partial charge in [0.1, 0.15) is 5.75 Å². The van der Waals surface area contributed by atoms with Crippen molar-refractivity contribution in [3.8, 4) is 5.75 Å². The highest BCUT2D eigenvalue weighted by Crippen LogP contribution is 2.15. The van der Waals surface area contributed by atoms with Gasteiger partial charge in [-0.3, -0.25) is 4.79 Å². The van der Waals surface area contributed by atoms with Gasteiger partial charge in [-0.2, -0.15) is 0 Å². The first-order chi connectivity index (χ1) is 9.02. The van der Waals surface area contributed by atoms with Gasteiger partial charge < -0.3 is 9.47 Å². The monoisotopic (exact) mass is 262 g/mol. The minimum atomic E-state index is -0.393. The number of carbonyl (C=O) groups is 1. The van der Waals surface area contributed by atoms with Crippen molar-refractivity contribution in [1.82, 2.24) is 0 Å². The third-order valence-corrected chi connectivity index (χ3v) is 2.46. The number of allylic oxidation sites excluding steroid dienone is 1. The number of ketones is 1. The van der Waals surface area contributed by atoms with Crippen LogP contribution < -0.4 is 4.74 Å². The third kappa shape index (κ3) is 5.71. The van der Waals surface area contributed by atoms with Crippen molar-refractivity contribution >= 4 is 5.78 Å². The van der Waals surface area contributed by atoms with Crippen molar-refractivity contribution in [3.63, 3.8) is 0 Å². The lowest BCUT2D eigenvalue weighted by molar-refractivity contribution is -0.0558. The minimum Gasteiger partial charge on any atom is -0.461 e. The summed E-state index contributed by atoms with van der Waals surface area (Å²) in [5, 5.41) is 0. The molecular weight excluding hydrogens is 240 g/mol. The summed E-state index contributed by atoms with van der Waals surface area (Å²) >= 11 is 0. The number of hydrogen-bond donors (Lipinski definition) is 0. The molecule has 0 bridgehead atoms. The predicted octanol–water partition coefficient (Wildman–Crippen LogP) is 3.84. The zero-order chi connectivity index (χ0) is 14.3. The molecule has 0 spiro atoms. The normalized spacial score (nSPS) is 12.9. The number of hydrogen-bond acceptors (Lipinski definition) is 3. The molecule has 0 aliphatic heterocycles. The molecule has 19 heavy (non-hydrogen) atoms. The standard InChI is InChI=1S/C16H22O3/c1-5-6-16(18-11-12(2)3)19-15-9-7-14(8-10-15)13(4)17/h5-10,12,16H,11H2,1-4H3. The molecule has 0 saturated heterocycles. The molecule has 1 rings (SSSR count). The highest BCUT2D eigenvalue weighted by molar-refractivity contribution is 5.94. The lowest BCUT2D eigenvalue weighted by Gasteiger charge is -2.17. The first-order valence-electron chi connectivity index (χ1n) is 6.55. The number of benzene rings is 1. The summed E-state index contributed by atoms with van der Waals surface area (Å²) in [6.07, 6.45) is 3.37. The predicted molar refractivity (Wildman–Crippen MR) is 76.5 cm³/mol. The summed E-state index contributed by atoms with van der Waals surface area (Å²) in [5.74, 6) is 1.20. The van der Waals surface area contributed by atoms with Gasteiger partial charge in [0, 0.05) is 5.56 Å². The summed E-state index contributed by atoms with van der Waals surface area (Å²) in [6.45, 7) is 8.29. The van der Waals surface area contributed by atoms with Gasteiger partial charge in [0.25, 0.3) is 0 Å². The lowest BCUT2D eigenvalue weighted by atomic mass is 10.1. The summed E-state index contributed by atoms with van der Waals surface area (Å²) < 4.78 is 11.4. The van der Waals surface area contributed by atoms with Gasteiger partial charge in [0.2, 0.25) is 6.29 Å². The molecule has 1 unspecified atom stereocenters. The summed E-state index contributed by atoms with van der Waals surface area (Å²) in [6, 6.07) is 7.08. The van der Waals surface area contributed by atoms with Crippen LogP contribution in [0.2, 0.25) is 0 Å². The molecule has 0 saturated carbocycles. The fourth-order valence-corrected chi connectivity index (χ4v) is 1.48. The topological polar surface area (TPSA) is 35.5 Å². The first kappa shape index (κ1) is 15.4. The summed E-state index contributed by atoms with van der Waals surface area (Å²) in [5.41, 5.74) is 0.679. The second-order valence-electron chi connectivity index (χ2n) is 4.82. The van der Waals surface area contributed by atoms with Crippen LogP contribution in [0, 0.1) is 5.92 Å². The molecule has 104 valence electrons. The quantitative estimate of drug-likeness (QED) is 0.425. The molecule has 0 aliphatic carbocycles. The Kier molecular flexibility index (Phi) is 6.30. The summed E-state index contributed by atoms with van der Waals surface area (Å²) in [4.78, 5) is 11.2. The Balaban J connectivity index is 2.65. The van der Waals surface area contributed by atoms with E-state index in [2.05, 4.69) is 13.8 Å². The zero-order valence-electron chi connectivity index (χ0n) is 12.1. The number of rotatable bonds is 7. The smallest absolute Gasteiger partial charge is 0.219 e. The van der Waals surface area contributed by atoms with Gasteiger partial charge in [0.05, 0.1) is 6.61 Å². The van der Waals surface area contributed by atoms with Crippen molar-refractivity contribution in [2.24, 2.45) is 5.92 Å². The number of ether oxygens (including phenoxy) is 2. The summed E-state index contributed by atoms with van der Waals surface area (Å²) in [7, 11) is 0. The van der Waals surface area contributed by atoms with Crippen molar-refractivity contribution < 1.29 is 14.3 Å². The van der Waals surface area contributed by atoms with Crippen LogP contribution >= 0.6 is 0 Å². The van der Waals surface area contributed by atoms with E-state index >= 15 is 0 Å². The van der Waals surface area contributed by atoms with E-state index in [4.69, 9.17) is 9.47 Å². The van der Waals surface area contributed by atoms with Crippen molar-refractivity contribution in [3.05, 3.63) is 42.0 Å². The Morgan fingerprint density at radius 1 is 1.26 bits per heavy atom. The second-order valence-corrected chi connectivity index (χ2v) is 4.82. The van der Waals surface area contributed by atoms with E-state index in [1.54, 1.807) is 31.2 Å². The molecule has 0 N–H and O–H groups in total. The Morgan fingerprint density at radius 3 is 2.37 bits per heavy atom. The maximum atomic E-state index is 11.2. The fraction of sp³-hybridized carbons (Fsp3) is 0.438. The van der Waals surface area contributed by atoms with E-state index in [1.165, 1.54) is 0 Å². The van der Waals surface area contributed by atoms with Crippen LogP contribution in [0.3, 0.4) is 0 Å². The van der Waals surface area contributed by atoms with E-state index in [-0.39, 0.29) is 5.78 Å². The van der Waals surface area contributed by atoms with Gasteiger partial charge in [0.15, 0.2) is 5.78 Å². The molecule has 0 aliphatic rings. The highest BCUT2D eigenvalue weighted by Gasteiger charge is 2.08. The van der Waals surface area contributed by atoms with Gasteiger partial charge in [-0.15, -0.1) is 0 Å². The molecule has 1 aromatic carbocycles. The van der Waals surface area contributed by atoms with Crippen LogP contribution in [-0.4, -0.2) is 18.7 Å². The highest BCUT2D eigenvalue weighted by atomic mass is 16.7. The van der Waals surface area contributed by atoms with E-state index in [0.29, 0.717) is 23.8 Å². The largest absolute Gasteiger partial charge is 0.461 e. The maximum Gasteiger partial charge on any atom is 0.219 e. The Bertz CT molecular complexity index is 418. The molecule has 3 heteroatoms. The molecule has 1 atom stereocenters. The first-order valence-corrected chi connectivity index (χ1v) is 6.55. The maximum absolute atomic E-state index is 11.2.